The van der Waals surface area contributed by atoms with Crippen molar-refractivity contribution >= 4 is 28.5 Å². The molecule has 2 rings (SSSR count). The fraction of sp³-hybridized carbons (Fsp3) is 0.643. The molecule has 7 heteroatoms. The number of hydrogen-bond donors (Lipinski definition) is 3. The molecule has 6 nitrogen and oxygen atoms in total. The predicted molar refractivity (Wildman–Crippen MR) is 81.7 cm³/mol. The number of hydrogen-bond acceptors (Lipinski definition) is 4. The second-order valence-electron chi connectivity index (χ2n) is 6.43. The molecule has 0 radical (unpaired) electrons. The summed E-state index contributed by atoms with van der Waals surface area (Å²) >= 11 is 1.39. The number of carbonyl (C=O) groups excluding carboxylic acids is 1. The van der Waals surface area contributed by atoms with Crippen LogP contribution in [0.5, 0.6) is 0 Å². The maximum absolute atomic E-state index is 11.9. The van der Waals surface area contributed by atoms with E-state index in [9.17, 15) is 9.59 Å². The van der Waals surface area contributed by atoms with E-state index in [1.165, 1.54) is 11.3 Å². The first-order chi connectivity index (χ1) is 9.75. The Kier molecular flexibility index (Phi) is 4.51. The van der Waals surface area contributed by atoms with E-state index in [0.29, 0.717) is 24.4 Å². The van der Waals surface area contributed by atoms with Gasteiger partial charge in [0, 0.05) is 16.8 Å². The standard InChI is InChI=1S/C14H21N3O3S/c1-14(2,3)10-7-21-13(16-10)17-12(20)15-9-5-4-8(6-9)11(18)19/h7-9H,4-6H2,1-3H3,(H,18,19)(H2,15,16,17,20). The highest BCUT2D eigenvalue weighted by Crippen LogP contribution is 2.27. The zero-order valence-corrected chi connectivity index (χ0v) is 13.3. The van der Waals surface area contributed by atoms with Gasteiger partial charge in [-0.2, -0.15) is 0 Å². The van der Waals surface area contributed by atoms with Gasteiger partial charge in [0.2, 0.25) is 0 Å². The first-order valence-electron chi connectivity index (χ1n) is 7.02. The van der Waals surface area contributed by atoms with E-state index < -0.39 is 5.97 Å². The average Bonchev–Trinajstić information content (AvgIpc) is 2.97. The smallest absolute Gasteiger partial charge is 0.321 e. The molecule has 2 amide bonds. The second-order valence-corrected chi connectivity index (χ2v) is 7.29. The van der Waals surface area contributed by atoms with Crippen LogP contribution in [0.3, 0.4) is 0 Å². The van der Waals surface area contributed by atoms with E-state index in [1.807, 2.05) is 5.38 Å². The summed E-state index contributed by atoms with van der Waals surface area (Å²) in [6, 6.07) is -0.394. The lowest BCUT2D eigenvalue weighted by molar-refractivity contribution is -0.141. The van der Waals surface area contributed by atoms with Crippen LogP contribution in [0.2, 0.25) is 0 Å². The minimum absolute atomic E-state index is 0.0485. The minimum Gasteiger partial charge on any atom is -0.481 e. The van der Waals surface area contributed by atoms with Crippen molar-refractivity contribution in [3.05, 3.63) is 11.1 Å². The van der Waals surface area contributed by atoms with Crippen LogP contribution in [0, 0.1) is 5.92 Å². The molecule has 116 valence electrons. The molecule has 1 saturated carbocycles. The lowest BCUT2D eigenvalue weighted by atomic mass is 9.93. The van der Waals surface area contributed by atoms with Crippen LogP contribution in [-0.2, 0) is 10.2 Å². The van der Waals surface area contributed by atoms with E-state index >= 15 is 0 Å². The van der Waals surface area contributed by atoms with Crippen molar-refractivity contribution in [3.63, 3.8) is 0 Å². The monoisotopic (exact) mass is 311 g/mol. The third kappa shape index (κ3) is 4.17. The molecular formula is C14H21N3O3S. The van der Waals surface area contributed by atoms with Gasteiger partial charge in [0.1, 0.15) is 0 Å². The quantitative estimate of drug-likeness (QED) is 0.800. The lowest BCUT2D eigenvalue weighted by Crippen LogP contribution is -2.36. The number of carboxylic acid groups (broad SMARTS) is 1. The summed E-state index contributed by atoms with van der Waals surface area (Å²) in [6.07, 6.45) is 1.81. The van der Waals surface area contributed by atoms with Gasteiger partial charge < -0.3 is 10.4 Å². The highest BCUT2D eigenvalue weighted by atomic mass is 32.1. The van der Waals surface area contributed by atoms with Crippen molar-refractivity contribution in [2.75, 3.05) is 5.32 Å². The maximum Gasteiger partial charge on any atom is 0.321 e. The molecule has 0 bridgehead atoms. The molecule has 2 unspecified atom stereocenters. The lowest BCUT2D eigenvalue weighted by Gasteiger charge is -2.14. The van der Waals surface area contributed by atoms with Crippen LogP contribution < -0.4 is 10.6 Å². The third-order valence-corrected chi connectivity index (χ3v) is 4.37. The van der Waals surface area contributed by atoms with Crippen molar-refractivity contribution in [1.82, 2.24) is 10.3 Å². The highest BCUT2D eigenvalue weighted by molar-refractivity contribution is 7.13. The van der Waals surface area contributed by atoms with Crippen molar-refractivity contribution in [2.24, 2.45) is 5.92 Å². The number of carbonyl (C=O) groups is 2. The molecule has 0 aliphatic heterocycles. The fourth-order valence-electron chi connectivity index (χ4n) is 2.33. The molecule has 1 heterocycles. The molecular weight excluding hydrogens is 290 g/mol. The number of rotatable bonds is 3. The van der Waals surface area contributed by atoms with Gasteiger partial charge in [0.05, 0.1) is 11.6 Å². The largest absolute Gasteiger partial charge is 0.481 e. The molecule has 0 spiro atoms. The fourth-order valence-corrected chi connectivity index (χ4v) is 3.26. The van der Waals surface area contributed by atoms with Crippen LogP contribution >= 0.6 is 11.3 Å². The number of amides is 2. The Morgan fingerprint density at radius 3 is 2.62 bits per heavy atom. The molecule has 1 aromatic heterocycles. The van der Waals surface area contributed by atoms with Crippen molar-refractivity contribution in [1.29, 1.82) is 0 Å². The molecule has 21 heavy (non-hydrogen) atoms. The zero-order chi connectivity index (χ0) is 15.6. The molecule has 0 saturated heterocycles. The third-order valence-electron chi connectivity index (χ3n) is 3.61. The van der Waals surface area contributed by atoms with Gasteiger partial charge in [-0.25, -0.2) is 9.78 Å². The number of carboxylic acids is 1. The van der Waals surface area contributed by atoms with Crippen molar-refractivity contribution in [2.45, 2.75) is 51.5 Å². The minimum atomic E-state index is -0.783. The normalized spacial score (nSPS) is 22.0. The van der Waals surface area contributed by atoms with Crippen LogP contribution in [0.1, 0.15) is 45.7 Å². The Balaban J connectivity index is 1.85. The Labute approximate surface area is 128 Å². The zero-order valence-electron chi connectivity index (χ0n) is 12.5. The Bertz CT molecular complexity index is 536. The van der Waals surface area contributed by atoms with E-state index in [1.54, 1.807) is 0 Å². The summed E-state index contributed by atoms with van der Waals surface area (Å²) in [5.41, 5.74) is 0.891. The molecule has 1 aliphatic rings. The summed E-state index contributed by atoms with van der Waals surface area (Å²) < 4.78 is 0. The summed E-state index contributed by atoms with van der Waals surface area (Å²) in [5.74, 6) is -1.13. The summed E-state index contributed by atoms with van der Waals surface area (Å²) in [6.45, 7) is 6.20. The van der Waals surface area contributed by atoms with E-state index in [2.05, 4.69) is 36.4 Å². The van der Waals surface area contributed by atoms with Gasteiger partial charge in [-0.1, -0.05) is 20.8 Å². The number of thiazole rings is 1. The molecule has 3 N–H and O–H groups in total. The van der Waals surface area contributed by atoms with Crippen molar-refractivity contribution < 1.29 is 14.7 Å². The Morgan fingerprint density at radius 2 is 2.10 bits per heavy atom. The van der Waals surface area contributed by atoms with Crippen molar-refractivity contribution in [3.8, 4) is 0 Å². The first kappa shape index (κ1) is 15.8. The number of nitrogens with one attached hydrogen (secondary N) is 2. The van der Waals surface area contributed by atoms with E-state index in [4.69, 9.17) is 5.11 Å². The Hall–Kier alpha value is -1.63. The van der Waals surface area contributed by atoms with Gasteiger partial charge in [0.15, 0.2) is 5.13 Å². The summed E-state index contributed by atoms with van der Waals surface area (Å²) in [5, 5.41) is 17.0. The molecule has 2 atom stereocenters. The van der Waals surface area contributed by atoms with Crippen LogP contribution in [-0.4, -0.2) is 28.1 Å². The second kappa shape index (κ2) is 6.01. The van der Waals surface area contributed by atoms with Crippen LogP contribution in [0.25, 0.3) is 0 Å². The number of aliphatic carboxylic acids is 1. The predicted octanol–water partition coefficient (Wildman–Crippen LogP) is 2.82. The summed E-state index contributed by atoms with van der Waals surface area (Å²) in [4.78, 5) is 27.2. The number of urea groups is 1. The van der Waals surface area contributed by atoms with Gasteiger partial charge in [0.25, 0.3) is 0 Å². The van der Waals surface area contributed by atoms with Crippen LogP contribution in [0.15, 0.2) is 5.38 Å². The first-order valence-corrected chi connectivity index (χ1v) is 7.90. The molecule has 1 aliphatic carbocycles. The van der Waals surface area contributed by atoms with Gasteiger partial charge in [-0.15, -0.1) is 11.3 Å². The molecule has 1 fully saturated rings. The van der Waals surface area contributed by atoms with E-state index in [0.717, 1.165) is 5.69 Å². The number of anilines is 1. The van der Waals surface area contributed by atoms with Gasteiger partial charge >= 0.3 is 12.0 Å². The molecule has 1 aromatic rings. The van der Waals surface area contributed by atoms with Gasteiger partial charge in [-0.05, 0) is 19.3 Å². The SMILES string of the molecule is CC(C)(C)c1csc(NC(=O)NC2CCC(C(=O)O)C2)n1. The van der Waals surface area contributed by atoms with Crippen LogP contribution in [0.4, 0.5) is 9.93 Å². The Morgan fingerprint density at radius 1 is 1.38 bits per heavy atom. The number of nitrogens with zero attached hydrogens (tertiary/aromatic N) is 1. The topological polar surface area (TPSA) is 91.3 Å². The highest BCUT2D eigenvalue weighted by Gasteiger charge is 2.30. The summed E-state index contributed by atoms with van der Waals surface area (Å²) in [7, 11) is 0. The van der Waals surface area contributed by atoms with Gasteiger partial charge in [-0.3, -0.25) is 10.1 Å². The molecule has 0 aromatic carbocycles. The van der Waals surface area contributed by atoms with E-state index in [-0.39, 0.29) is 23.4 Å². The average molecular weight is 311 g/mol. The maximum atomic E-state index is 11.9. The number of aromatic nitrogens is 1.